The fourth-order valence-corrected chi connectivity index (χ4v) is 1.73. The molecule has 0 unspecified atom stereocenters. The van der Waals surface area contributed by atoms with E-state index in [0.717, 1.165) is 12.1 Å². The molecule has 0 aromatic heterocycles. The summed E-state index contributed by atoms with van der Waals surface area (Å²) in [6, 6.07) is 11.9. The number of carbonyl (C=O) groups is 1. The molecule has 4 nitrogen and oxygen atoms in total. The van der Waals surface area contributed by atoms with Gasteiger partial charge in [-0.1, -0.05) is 18.2 Å². The molecule has 2 aromatic rings. The van der Waals surface area contributed by atoms with Crippen LogP contribution in [0.2, 0.25) is 0 Å². The van der Waals surface area contributed by atoms with Gasteiger partial charge in [0.1, 0.15) is 11.6 Å². The second-order valence-corrected chi connectivity index (χ2v) is 4.34. The summed E-state index contributed by atoms with van der Waals surface area (Å²) in [5.74, 6) is -1.08. The van der Waals surface area contributed by atoms with E-state index < -0.39 is 5.82 Å². The highest BCUT2D eigenvalue weighted by Crippen LogP contribution is 2.23. The zero-order chi connectivity index (χ0) is 14.5. The van der Waals surface area contributed by atoms with Crippen LogP contribution in [0, 0.1) is 5.82 Å². The lowest BCUT2D eigenvalue weighted by molar-refractivity contribution is 0.0977. The van der Waals surface area contributed by atoms with Gasteiger partial charge in [-0.05, 0) is 36.5 Å². The van der Waals surface area contributed by atoms with Crippen LogP contribution < -0.4 is 10.6 Å². The standard InChI is InChI=1S/C14H11FN2O2S/c15-10-6-7-12(18)11(8-10)16-14(20)17-13(19)9-4-2-1-3-5-9/h1-8,18H,(H2,16,17,19,20). The fourth-order valence-electron chi connectivity index (χ4n) is 1.53. The van der Waals surface area contributed by atoms with Crippen molar-refractivity contribution in [3.05, 3.63) is 59.9 Å². The van der Waals surface area contributed by atoms with E-state index in [1.165, 1.54) is 6.07 Å². The lowest BCUT2D eigenvalue weighted by Crippen LogP contribution is -2.34. The minimum absolute atomic E-state index is 0.0280. The van der Waals surface area contributed by atoms with Gasteiger partial charge in [0.25, 0.3) is 5.91 Å². The van der Waals surface area contributed by atoms with Gasteiger partial charge in [-0.3, -0.25) is 10.1 Å². The van der Waals surface area contributed by atoms with Crippen molar-refractivity contribution < 1.29 is 14.3 Å². The predicted octanol–water partition coefficient (Wildman–Crippen LogP) is 2.66. The number of amides is 1. The zero-order valence-corrected chi connectivity index (χ0v) is 11.1. The van der Waals surface area contributed by atoms with E-state index in [1.807, 2.05) is 0 Å². The van der Waals surface area contributed by atoms with Gasteiger partial charge in [0, 0.05) is 11.6 Å². The van der Waals surface area contributed by atoms with Gasteiger partial charge >= 0.3 is 0 Å². The van der Waals surface area contributed by atoms with Crippen LogP contribution >= 0.6 is 12.2 Å². The summed E-state index contributed by atoms with van der Waals surface area (Å²) in [4.78, 5) is 11.8. The first-order valence-electron chi connectivity index (χ1n) is 5.72. The molecule has 0 aliphatic rings. The molecule has 0 spiro atoms. The number of phenols is 1. The van der Waals surface area contributed by atoms with Gasteiger partial charge in [0.15, 0.2) is 5.11 Å². The van der Waals surface area contributed by atoms with Crippen LogP contribution in [0.1, 0.15) is 10.4 Å². The fraction of sp³-hybridized carbons (Fsp3) is 0. The Bertz CT molecular complexity index is 647. The molecule has 6 heteroatoms. The van der Waals surface area contributed by atoms with Crippen molar-refractivity contribution in [1.29, 1.82) is 0 Å². The van der Waals surface area contributed by atoms with Crippen molar-refractivity contribution in [2.45, 2.75) is 0 Å². The van der Waals surface area contributed by atoms with Crippen LogP contribution in [0.3, 0.4) is 0 Å². The van der Waals surface area contributed by atoms with E-state index in [2.05, 4.69) is 10.6 Å². The molecule has 20 heavy (non-hydrogen) atoms. The molecule has 0 atom stereocenters. The maximum atomic E-state index is 13.0. The second kappa shape index (κ2) is 6.12. The SMILES string of the molecule is O=C(NC(=S)Nc1cc(F)ccc1O)c1ccccc1. The molecule has 0 radical (unpaired) electrons. The number of aromatic hydroxyl groups is 1. The number of thiocarbonyl (C=S) groups is 1. The van der Waals surface area contributed by atoms with E-state index in [9.17, 15) is 14.3 Å². The molecular formula is C14H11FN2O2S. The Balaban J connectivity index is 2.03. The molecule has 0 aliphatic heterocycles. The smallest absolute Gasteiger partial charge is 0.257 e. The number of carbonyl (C=O) groups excluding carboxylic acids is 1. The van der Waals surface area contributed by atoms with Gasteiger partial charge in [-0.15, -0.1) is 0 Å². The molecule has 0 aliphatic carbocycles. The monoisotopic (exact) mass is 290 g/mol. The normalized spacial score (nSPS) is 9.85. The molecule has 0 saturated carbocycles. The van der Waals surface area contributed by atoms with Gasteiger partial charge in [0.2, 0.25) is 0 Å². The Morgan fingerprint density at radius 1 is 1.15 bits per heavy atom. The van der Waals surface area contributed by atoms with E-state index in [-0.39, 0.29) is 22.5 Å². The summed E-state index contributed by atoms with van der Waals surface area (Å²) in [5, 5.41) is 14.5. The van der Waals surface area contributed by atoms with Gasteiger partial charge in [-0.2, -0.15) is 0 Å². The first-order chi connectivity index (χ1) is 9.56. The summed E-state index contributed by atoms with van der Waals surface area (Å²) in [7, 11) is 0. The highest BCUT2D eigenvalue weighted by atomic mass is 32.1. The van der Waals surface area contributed by atoms with Gasteiger partial charge in [-0.25, -0.2) is 4.39 Å². The van der Waals surface area contributed by atoms with Crippen molar-refractivity contribution in [2.75, 3.05) is 5.32 Å². The minimum atomic E-state index is -0.525. The van der Waals surface area contributed by atoms with Crippen LogP contribution in [0.25, 0.3) is 0 Å². The Morgan fingerprint density at radius 2 is 1.85 bits per heavy atom. The van der Waals surface area contributed by atoms with Crippen molar-refractivity contribution in [1.82, 2.24) is 5.32 Å². The average Bonchev–Trinajstić information content (AvgIpc) is 2.43. The summed E-state index contributed by atoms with van der Waals surface area (Å²) in [5.41, 5.74) is 0.531. The lowest BCUT2D eigenvalue weighted by Gasteiger charge is -2.10. The number of anilines is 1. The van der Waals surface area contributed by atoms with E-state index >= 15 is 0 Å². The predicted molar refractivity (Wildman–Crippen MR) is 78.2 cm³/mol. The number of halogens is 1. The molecule has 2 aromatic carbocycles. The third-order valence-electron chi connectivity index (χ3n) is 2.47. The van der Waals surface area contributed by atoms with Gasteiger partial charge < -0.3 is 10.4 Å². The zero-order valence-electron chi connectivity index (χ0n) is 10.3. The Labute approximate surface area is 120 Å². The topological polar surface area (TPSA) is 61.4 Å². The summed E-state index contributed by atoms with van der Waals surface area (Å²) in [6.07, 6.45) is 0. The lowest BCUT2D eigenvalue weighted by atomic mass is 10.2. The van der Waals surface area contributed by atoms with Crippen molar-refractivity contribution in [3.8, 4) is 5.75 Å². The van der Waals surface area contributed by atoms with Gasteiger partial charge in [0.05, 0.1) is 5.69 Å². The maximum Gasteiger partial charge on any atom is 0.257 e. The van der Waals surface area contributed by atoms with Crippen LogP contribution in [0.4, 0.5) is 10.1 Å². The number of nitrogens with one attached hydrogen (secondary N) is 2. The molecule has 0 fully saturated rings. The molecule has 0 bridgehead atoms. The highest BCUT2D eigenvalue weighted by molar-refractivity contribution is 7.80. The molecule has 3 N–H and O–H groups in total. The Hall–Kier alpha value is -2.47. The molecule has 0 heterocycles. The minimum Gasteiger partial charge on any atom is -0.506 e. The molecule has 0 saturated heterocycles. The number of benzene rings is 2. The van der Waals surface area contributed by atoms with Crippen molar-refractivity contribution in [3.63, 3.8) is 0 Å². The van der Waals surface area contributed by atoms with Crippen molar-refractivity contribution >= 4 is 28.9 Å². The first kappa shape index (κ1) is 14.0. The van der Waals surface area contributed by atoms with Crippen LogP contribution in [-0.4, -0.2) is 16.1 Å². The Kier molecular flexibility index (Phi) is 4.27. The largest absolute Gasteiger partial charge is 0.506 e. The number of phenolic OH excluding ortho intramolecular Hbond substituents is 1. The van der Waals surface area contributed by atoms with E-state index in [1.54, 1.807) is 30.3 Å². The Morgan fingerprint density at radius 3 is 2.55 bits per heavy atom. The summed E-state index contributed by atoms with van der Waals surface area (Å²) in [6.45, 7) is 0. The van der Waals surface area contributed by atoms with E-state index in [0.29, 0.717) is 5.56 Å². The first-order valence-corrected chi connectivity index (χ1v) is 6.13. The van der Waals surface area contributed by atoms with Crippen molar-refractivity contribution in [2.24, 2.45) is 0 Å². The summed E-state index contributed by atoms with van der Waals surface area (Å²) < 4.78 is 13.0. The number of hydrogen-bond acceptors (Lipinski definition) is 3. The highest BCUT2D eigenvalue weighted by Gasteiger charge is 2.09. The number of rotatable bonds is 2. The molecule has 102 valence electrons. The molecular weight excluding hydrogens is 279 g/mol. The van der Waals surface area contributed by atoms with Crippen LogP contribution in [0.15, 0.2) is 48.5 Å². The third kappa shape index (κ3) is 3.52. The van der Waals surface area contributed by atoms with Crippen LogP contribution in [0.5, 0.6) is 5.75 Å². The number of hydrogen-bond donors (Lipinski definition) is 3. The molecule has 2 rings (SSSR count). The second-order valence-electron chi connectivity index (χ2n) is 3.94. The average molecular weight is 290 g/mol. The third-order valence-corrected chi connectivity index (χ3v) is 2.67. The van der Waals surface area contributed by atoms with Crippen LogP contribution in [-0.2, 0) is 0 Å². The quantitative estimate of drug-likeness (QED) is 0.588. The maximum absolute atomic E-state index is 13.0. The molecule has 1 amide bonds. The van der Waals surface area contributed by atoms with E-state index in [4.69, 9.17) is 12.2 Å². The summed E-state index contributed by atoms with van der Waals surface area (Å²) >= 11 is 4.94.